The first-order chi connectivity index (χ1) is 15.7. The van der Waals surface area contributed by atoms with Crippen LogP contribution in [0.2, 0.25) is 5.02 Å². The zero-order valence-electron chi connectivity index (χ0n) is 17.4. The standard InChI is InChI=1S/C27H20ClN3O/c1-32-24-12-8-19(9-13-24)18-2-4-20(5-3-18)25-26(21-14-16-29-17-15-21)31-27(30-25)22-6-10-23(28)11-7-22/h2-17H,1H3,(H,30,31). The zero-order chi connectivity index (χ0) is 21.9. The summed E-state index contributed by atoms with van der Waals surface area (Å²) >= 11 is 6.07. The number of halogens is 1. The summed E-state index contributed by atoms with van der Waals surface area (Å²) in [4.78, 5) is 12.6. The highest BCUT2D eigenvalue weighted by molar-refractivity contribution is 6.30. The van der Waals surface area contributed by atoms with Crippen molar-refractivity contribution >= 4 is 11.6 Å². The van der Waals surface area contributed by atoms with Gasteiger partial charge >= 0.3 is 0 Å². The minimum Gasteiger partial charge on any atom is -0.497 e. The van der Waals surface area contributed by atoms with Crippen molar-refractivity contribution in [3.63, 3.8) is 0 Å². The molecule has 5 heteroatoms. The number of nitrogens with one attached hydrogen (secondary N) is 1. The fourth-order valence-corrected chi connectivity index (χ4v) is 3.78. The van der Waals surface area contributed by atoms with Gasteiger partial charge in [-0.05, 0) is 59.7 Å². The predicted molar refractivity (Wildman–Crippen MR) is 130 cm³/mol. The molecule has 0 aliphatic rings. The van der Waals surface area contributed by atoms with Gasteiger partial charge in [0.1, 0.15) is 11.6 Å². The summed E-state index contributed by atoms with van der Waals surface area (Å²) in [5.41, 5.74) is 7.15. The Balaban J connectivity index is 1.56. The molecule has 0 bridgehead atoms. The van der Waals surface area contributed by atoms with Crippen LogP contribution >= 0.6 is 11.6 Å². The van der Waals surface area contributed by atoms with Crippen LogP contribution in [0.5, 0.6) is 5.75 Å². The molecule has 156 valence electrons. The number of H-pyrrole nitrogens is 1. The number of methoxy groups -OCH3 is 1. The smallest absolute Gasteiger partial charge is 0.138 e. The maximum absolute atomic E-state index is 6.07. The molecule has 0 fully saturated rings. The van der Waals surface area contributed by atoms with E-state index in [0.717, 1.165) is 50.8 Å². The molecule has 3 aromatic carbocycles. The zero-order valence-corrected chi connectivity index (χ0v) is 18.2. The first-order valence-corrected chi connectivity index (χ1v) is 10.6. The third kappa shape index (κ3) is 4.01. The quantitative estimate of drug-likeness (QED) is 0.318. The lowest BCUT2D eigenvalue weighted by Crippen LogP contribution is -1.86. The summed E-state index contributed by atoms with van der Waals surface area (Å²) in [5.74, 6) is 1.64. The van der Waals surface area contributed by atoms with Gasteiger partial charge in [-0.2, -0.15) is 0 Å². The summed E-state index contributed by atoms with van der Waals surface area (Å²) in [5, 5.41) is 0.698. The van der Waals surface area contributed by atoms with Gasteiger partial charge in [-0.15, -0.1) is 0 Å². The Kier molecular flexibility index (Phi) is 5.44. The maximum atomic E-state index is 6.07. The van der Waals surface area contributed by atoms with E-state index in [-0.39, 0.29) is 0 Å². The van der Waals surface area contributed by atoms with Gasteiger partial charge in [0.25, 0.3) is 0 Å². The maximum Gasteiger partial charge on any atom is 0.138 e. The monoisotopic (exact) mass is 437 g/mol. The molecule has 0 radical (unpaired) electrons. The number of benzene rings is 3. The predicted octanol–water partition coefficient (Wildman–Crippen LogP) is 7.13. The Hall–Kier alpha value is -3.89. The molecule has 4 nitrogen and oxygen atoms in total. The molecule has 0 spiro atoms. The molecule has 0 amide bonds. The number of hydrogen-bond acceptors (Lipinski definition) is 3. The summed E-state index contributed by atoms with van der Waals surface area (Å²) in [6.07, 6.45) is 3.57. The van der Waals surface area contributed by atoms with Gasteiger partial charge in [0.15, 0.2) is 0 Å². The van der Waals surface area contributed by atoms with E-state index in [0.29, 0.717) is 5.02 Å². The third-order valence-corrected chi connectivity index (χ3v) is 5.62. The number of pyridine rings is 1. The van der Waals surface area contributed by atoms with Crippen molar-refractivity contribution in [2.45, 2.75) is 0 Å². The van der Waals surface area contributed by atoms with Gasteiger partial charge in [-0.3, -0.25) is 4.98 Å². The van der Waals surface area contributed by atoms with Crippen LogP contribution in [0.3, 0.4) is 0 Å². The molecule has 2 heterocycles. The van der Waals surface area contributed by atoms with Crippen LogP contribution in [0, 0.1) is 0 Å². The van der Waals surface area contributed by atoms with Crippen LogP contribution in [-0.2, 0) is 0 Å². The lowest BCUT2D eigenvalue weighted by atomic mass is 10.0. The summed E-state index contributed by atoms with van der Waals surface area (Å²) in [6.45, 7) is 0. The lowest BCUT2D eigenvalue weighted by Gasteiger charge is -2.06. The normalized spacial score (nSPS) is 10.8. The highest BCUT2D eigenvalue weighted by Crippen LogP contribution is 2.34. The molecule has 0 aliphatic carbocycles. The minimum atomic E-state index is 0.698. The Morgan fingerprint density at radius 2 is 1.22 bits per heavy atom. The Morgan fingerprint density at radius 1 is 0.656 bits per heavy atom. The summed E-state index contributed by atoms with van der Waals surface area (Å²) in [7, 11) is 1.67. The topological polar surface area (TPSA) is 50.8 Å². The Bertz CT molecular complexity index is 1330. The first-order valence-electron chi connectivity index (χ1n) is 10.2. The third-order valence-electron chi connectivity index (χ3n) is 5.37. The second kappa shape index (κ2) is 8.69. The molecule has 0 atom stereocenters. The molecule has 0 unspecified atom stereocenters. The number of imidazole rings is 1. The fraction of sp³-hybridized carbons (Fsp3) is 0.0370. The number of ether oxygens (including phenoxy) is 1. The van der Waals surface area contributed by atoms with Crippen LogP contribution in [0.1, 0.15) is 0 Å². The van der Waals surface area contributed by atoms with E-state index in [1.54, 1.807) is 19.5 Å². The Morgan fingerprint density at radius 3 is 1.84 bits per heavy atom. The van der Waals surface area contributed by atoms with Gasteiger partial charge in [0, 0.05) is 34.1 Å². The number of aromatic nitrogens is 3. The number of nitrogens with zero attached hydrogens (tertiary/aromatic N) is 2. The van der Waals surface area contributed by atoms with Crippen molar-refractivity contribution in [1.29, 1.82) is 0 Å². The molecule has 0 aliphatic heterocycles. The van der Waals surface area contributed by atoms with Gasteiger partial charge in [0.05, 0.1) is 18.5 Å². The van der Waals surface area contributed by atoms with Crippen molar-refractivity contribution in [3.05, 3.63) is 102 Å². The minimum absolute atomic E-state index is 0.698. The van der Waals surface area contributed by atoms with Crippen molar-refractivity contribution in [1.82, 2.24) is 15.0 Å². The molecule has 32 heavy (non-hydrogen) atoms. The van der Waals surface area contributed by atoms with Crippen molar-refractivity contribution in [2.24, 2.45) is 0 Å². The largest absolute Gasteiger partial charge is 0.497 e. The van der Waals surface area contributed by atoms with E-state index >= 15 is 0 Å². The van der Waals surface area contributed by atoms with Crippen LogP contribution in [0.15, 0.2) is 97.3 Å². The molecule has 5 aromatic rings. The highest BCUT2D eigenvalue weighted by Gasteiger charge is 2.15. The van der Waals surface area contributed by atoms with Gasteiger partial charge < -0.3 is 9.72 Å². The molecule has 0 saturated heterocycles. The molecule has 0 saturated carbocycles. The second-order valence-electron chi connectivity index (χ2n) is 7.36. The van der Waals surface area contributed by atoms with Gasteiger partial charge in [-0.1, -0.05) is 48.0 Å². The lowest BCUT2D eigenvalue weighted by molar-refractivity contribution is 0.415. The van der Waals surface area contributed by atoms with E-state index in [9.17, 15) is 0 Å². The molecule has 2 aromatic heterocycles. The van der Waals surface area contributed by atoms with E-state index < -0.39 is 0 Å². The SMILES string of the molecule is COc1ccc(-c2ccc(-c3nc(-c4ccc(Cl)cc4)[nH]c3-c3ccncc3)cc2)cc1. The average Bonchev–Trinajstić information content (AvgIpc) is 3.31. The molecule has 1 N–H and O–H groups in total. The van der Waals surface area contributed by atoms with Crippen molar-refractivity contribution in [3.8, 4) is 50.8 Å². The summed E-state index contributed by atoms with van der Waals surface area (Å²) in [6, 6.07) is 28.1. The van der Waals surface area contributed by atoms with E-state index in [2.05, 4.69) is 46.4 Å². The second-order valence-corrected chi connectivity index (χ2v) is 7.79. The molecular weight excluding hydrogens is 418 g/mol. The van der Waals surface area contributed by atoms with Crippen LogP contribution < -0.4 is 4.74 Å². The number of hydrogen-bond donors (Lipinski definition) is 1. The first kappa shape index (κ1) is 20.0. The number of aromatic amines is 1. The van der Waals surface area contributed by atoms with E-state index in [1.165, 1.54) is 0 Å². The highest BCUT2D eigenvalue weighted by atomic mass is 35.5. The van der Waals surface area contributed by atoms with Crippen LogP contribution in [0.4, 0.5) is 0 Å². The Labute approximate surface area is 191 Å². The van der Waals surface area contributed by atoms with Crippen LogP contribution in [0.25, 0.3) is 45.0 Å². The number of rotatable bonds is 5. The average molecular weight is 438 g/mol. The summed E-state index contributed by atoms with van der Waals surface area (Å²) < 4.78 is 5.26. The molecule has 5 rings (SSSR count). The van der Waals surface area contributed by atoms with E-state index in [1.807, 2.05) is 48.5 Å². The van der Waals surface area contributed by atoms with Crippen LogP contribution in [-0.4, -0.2) is 22.1 Å². The van der Waals surface area contributed by atoms with Crippen molar-refractivity contribution in [2.75, 3.05) is 7.11 Å². The molecular formula is C27H20ClN3O. The fourth-order valence-electron chi connectivity index (χ4n) is 3.66. The van der Waals surface area contributed by atoms with E-state index in [4.69, 9.17) is 21.3 Å². The van der Waals surface area contributed by atoms with Gasteiger partial charge in [-0.25, -0.2) is 4.98 Å². The van der Waals surface area contributed by atoms with Crippen molar-refractivity contribution < 1.29 is 4.74 Å². The van der Waals surface area contributed by atoms with Gasteiger partial charge in [0.2, 0.25) is 0 Å².